The molecule has 1 N–H and O–H groups in total. The standard InChI is InChI=1S/C20H24Cl2N2O4S/c1-5-16(14-9-10-18(28-3)13(2)11-14)23-19(25)12-24(29(4,26)27)17-8-6-7-15(21)20(17)22/h6-11,16H,5,12H2,1-4H3,(H,23,25). The number of carbonyl (C=O) groups excluding carboxylic acids is 1. The molecule has 0 radical (unpaired) electrons. The van der Waals surface area contributed by atoms with Crippen LogP contribution in [0.2, 0.25) is 10.0 Å². The first-order chi connectivity index (χ1) is 13.6. The predicted molar refractivity (Wildman–Crippen MR) is 118 cm³/mol. The van der Waals surface area contributed by atoms with Gasteiger partial charge in [0, 0.05) is 0 Å². The molecule has 0 aliphatic carbocycles. The third-order valence-corrected chi connectivity index (χ3v) is 6.39. The smallest absolute Gasteiger partial charge is 0.241 e. The van der Waals surface area contributed by atoms with Gasteiger partial charge in [0.15, 0.2) is 0 Å². The van der Waals surface area contributed by atoms with Crippen molar-refractivity contribution in [2.75, 3.05) is 24.2 Å². The second-order valence-electron chi connectivity index (χ2n) is 6.60. The topological polar surface area (TPSA) is 75.7 Å². The zero-order valence-electron chi connectivity index (χ0n) is 16.7. The molecular weight excluding hydrogens is 435 g/mol. The number of sulfonamides is 1. The number of amides is 1. The van der Waals surface area contributed by atoms with Gasteiger partial charge >= 0.3 is 0 Å². The van der Waals surface area contributed by atoms with Crippen LogP contribution in [0.3, 0.4) is 0 Å². The Hall–Kier alpha value is -1.96. The van der Waals surface area contributed by atoms with Crippen LogP contribution in [-0.4, -0.2) is 34.2 Å². The van der Waals surface area contributed by atoms with E-state index in [-0.39, 0.29) is 21.8 Å². The first-order valence-electron chi connectivity index (χ1n) is 8.94. The van der Waals surface area contributed by atoms with Gasteiger partial charge in [-0.2, -0.15) is 0 Å². The Bertz CT molecular complexity index is 996. The minimum atomic E-state index is -3.76. The lowest BCUT2D eigenvalue weighted by Gasteiger charge is -2.25. The first kappa shape index (κ1) is 23.3. The van der Waals surface area contributed by atoms with E-state index in [1.807, 2.05) is 32.0 Å². The monoisotopic (exact) mass is 458 g/mol. The van der Waals surface area contributed by atoms with Crippen LogP contribution in [0.5, 0.6) is 5.75 Å². The van der Waals surface area contributed by atoms with Gasteiger partial charge < -0.3 is 10.1 Å². The summed E-state index contributed by atoms with van der Waals surface area (Å²) in [5.74, 6) is 0.306. The van der Waals surface area contributed by atoms with Crippen molar-refractivity contribution in [1.82, 2.24) is 5.32 Å². The summed E-state index contributed by atoms with van der Waals surface area (Å²) >= 11 is 12.2. The number of hydrogen-bond donors (Lipinski definition) is 1. The molecule has 0 saturated heterocycles. The number of rotatable bonds is 8. The summed E-state index contributed by atoms with van der Waals surface area (Å²) in [4.78, 5) is 12.7. The third kappa shape index (κ3) is 5.78. The number of carbonyl (C=O) groups is 1. The molecule has 0 heterocycles. The average molecular weight is 459 g/mol. The SMILES string of the molecule is CCC(NC(=O)CN(c1cccc(Cl)c1Cl)S(C)(=O)=O)c1ccc(OC)c(C)c1. The Morgan fingerprint density at radius 3 is 2.48 bits per heavy atom. The zero-order chi connectivity index (χ0) is 21.8. The maximum absolute atomic E-state index is 12.7. The van der Waals surface area contributed by atoms with Crippen LogP contribution in [-0.2, 0) is 14.8 Å². The molecule has 2 aromatic rings. The van der Waals surface area contributed by atoms with E-state index >= 15 is 0 Å². The van der Waals surface area contributed by atoms with E-state index in [0.29, 0.717) is 6.42 Å². The molecule has 158 valence electrons. The van der Waals surface area contributed by atoms with Crippen LogP contribution in [0.25, 0.3) is 0 Å². The molecule has 0 spiro atoms. The van der Waals surface area contributed by atoms with Gasteiger partial charge in [0.25, 0.3) is 0 Å². The van der Waals surface area contributed by atoms with Gasteiger partial charge in [-0.15, -0.1) is 0 Å². The molecule has 0 fully saturated rings. The molecule has 29 heavy (non-hydrogen) atoms. The number of nitrogens with zero attached hydrogens (tertiary/aromatic N) is 1. The van der Waals surface area contributed by atoms with Crippen LogP contribution < -0.4 is 14.4 Å². The molecule has 0 saturated carbocycles. The fourth-order valence-electron chi connectivity index (χ4n) is 2.98. The van der Waals surface area contributed by atoms with Crippen molar-refractivity contribution in [2.24, 2.45) is 0 Å². The van der Waals surface area contributed by atoms with Crippen LogP contribution in [0, 0.1) is 6.92 Å². The van der Waals surface area contributed by atoms with Crippen molar-refractivity contribution in [3.63, 3.8) is 0 Å². The van der Waals surface area contributed by atoms with Crippen molar-refractivity contribution in [3.8, 4) is 5.75 Å². The van der Waals surface area contributed by atoms with Crippen molar-refractivity contribution in [2.45, 2.75) is 26.3 Å². The largest absolute Gasteiger partial charge is 0.496 e. The highest BCUT2D eigenvalue weighted by molar-refractivity contribution is 7.92. The van der Waals surface area contributed by atoms with Crippen LogP contribution in [0.1, 0.15) is 30.5 Å². The summed E-state index contributed by atoms with van der Waals surface area (Å²) < 4.78 is 30.8. The summed E-state index contributed by atoms with van der Waals surface area (Å²) in [5, 5.41) is 3.17. The molecule has 0 aliphatic rings. The van der Waals surface area contributed by atoms with E-state index in [9.17, 15) is 13.2 Å². The zero-order valence-corrected chi connectivity index (χ0v) is 19.0. The maximum Gasteiger partial charge on any atom is 0.241 e. The van der Waals surface area contributed by atoms with Crippen molar-refractivity contribution in [3.05, 3.63) is 57.6 Å². The normalized spacial score (nSPS) is 12.3. The van der Waals surface area contributed by atoms with Gasteiger partial charge in [0.2, 0.25) is 15.9 Å². The van der Waals surface area contributed by atoms with E-state index in [4.69, 9.17) is 27.9 Å². The molecule has 2 rings (SSSR count). The van der Waals surface area contributed by atoms with Gasteiger partial charge in [-0.05, 0) is 42.7 Å². The van der Waals surface area contributed by atoms with Gasteiger partial charge in [-0.3, -0.25) is 9.10 Å². The lowest BCUT2D eigenvalue weighted by molar-refractivity contribution is -0.120. The summed E-state index contributed by atoms with van der Waals surface area (Å²) in [6.45, 7) is 3.45. The number of halogens is 2. The number of hydrogen-bond acceptors (Lipinski definition) is 4. The van der Waals surface area contributed by atoms with Crippen LogP contribution >= 0.6 is 23.2 Å². The van der Waals surface area contributed by atoms with Crippen molar-refractivity contribution in [1.29, 1.82) is 0 Å². The molecule has 0 aliphatic heterocycles. The van der Waals surface area contributed by atoms with Crippen molar-refractivity contribution < 1.29 is 17.9 Å². The highest BCUT2D eigenvalue weighted by Gasteiger charge is 2.25. The molecule has 0 aromatic heterocycles. The Balaban J connectivity index is 2.25. The van der Waals surface area contributed by atoms with Gasteiger partial charge in [0.1, 0.15) is 12.3 Å². The van der Waals surface area contributed by atoms with Gasteiger partial charge in [0.05, 0.1) is 35.1 Å². The highest BCUT2D eigenvalue weighted by Crippen LogP contribution is 2.33. The Kier molecular flexibility index (Phi) is 7.80. The predicted octanol–water partition coefficient (Wildman–Crippen LogP) is 4.34. The second kappa shape index (κ2) is 9.69. The minimum Gasteiger partial charge on any atom is -0.496 e. The van der Waals surface area contributed by atoms with E-state index in [1.54, 1.807) is 19.2 Å². The van der Waals surface area contributed by atoms with Gasteiger partial charge in [-0.25, -0.2) is 8.42 Å². The molecule has 1 amide bonds. The fraction of sp³-hybridized carbons (Fsp3) is 0.350. The van der Waals surface area contributed by atoms with Crippen LogP contribution in [0.15, 0.2) is 36.4 Å². The Morgan fingerprint density at radius 2 is 1.93 bits per heavy atom. The highest BCUT2D eigenvalue weighted by atomic mass is 35.5. The van der Waals surface area contributed by atoms with E-state index in [2.05, 4.69) is 5.32 Å². The lowest BCUT2D eigenvalue weighted by Crippen LogP contribution is -2.41. The number of anilines is 1. The number of aryl methyl sites for hydroxylation is 1. The van der Waals surface area contributed by atoms with Crippen LogP contribution in [0.4, 0.5) is 5.69 Å². The molecule has 1 atom stereocenters. The Morgan fingerprint density at radius 1 is 1.24 bits per heavy atom. The van der Waals surface area contributed by atoms with Crippen molar-refractivity contribution >= 4 is 44.8 Å². The molecule has 6 nitrogen and oxygen atoms in total. The molecule has 2 aromatic carbocycles. The Labute approximate surface area is 181 Å². The minimum absolute atomic E-state index is 0.0743. The molecule has 0 bridgehead atoms. The second-order valence-corrected chi connectivity index (χ2v) is 9.29. The average Bonchev–Trinajstić information content (AvgIpc) is 2.65. The maximum atomic E-state index is 12.7. The van der Waals surface area contributed by atoms with E-state index < -0.39 is 22.5 Å². The van der Waals surface area contributed by atoms with E-state index in [0.717, 1.165) is 27.4 Å². The molecular formula is C20H24Cl2N2O4S. The quantitative estimate of drug-likeness (QED) is 0.637. The summed E-state index contributed by atoms with van der Waals surface area (Å²) in [7, 11) is -2.16. The number of methoxy groups -OCH3 is 1. The third-order valence-electron chi connectivity index (χ3n) is 4.45. The summed E-state index contributed by atoms with van der Waals surface area (Å²) in [6, 6.07) is 10.0. The summed E-state index contributed by atoms with van der Waals surface area (Å²) in [5.41, 5.74) is 2.01. The fourth-order valence-corrected chi connectivity index (χ4v) is 4.28. The van der Waals surface area contributed by atoms with Gasteiger partial charge in [-0.1, -0.05) is 48.3 Å². The van der Waals surface area contributed by atoms with E-state index in [1.165, 1.54) is 6.07 Å². The lowest BCUT2D eigenvalue weighted by atomic mass is 10.0. The number of ether oxygens (including phenoxy) is 1. The molecule has 1 unspecified atom stereocenters. The number of nitrogens with one attached hydrogen (secondary N) is 1. The summed E-state index contributed by atoms with van der Waals surface area (Å²) in [6.07, 6.45) is 1.65. The number of benzene rings is 2. The first-order valence-corrected chi connectivity index (χ1v) is 11.5. The molecule has 9 heteroatoms.